The molecular formula is C19H14O3. The summed E-state index contributed by atoms with van der Waals surface area (Å²) < 4.78 is 5.03. The van der Waals surface area contributed by atoms with Crippen LogP contribution in [0.5, 0.6) is 0 Å². The standard InChI is InChI=1S/C19H14O3/c1-13-7-2-4-10-15(13)18(20)22-19(21)17-12-6-9-14-8-3-5-11-16(14)17/h2-12H,1H3. The van der Waals surface area contributed by atoms with Crippen LogP contribution in [0.1, 0.15) is 26.3 Å². The van der Waals surface area contributed by atoms with Crippen LogP contribution in [0.3, 0.4) is 0 Å². The summed E-state index contributed by atoms with van der Waals surface area (Å²) in [4.78, 5) is 24.5. The van der Waals surface area contributed by atoms with Gasteiger partial charge in [-0.2, -0.15) is 0 Å². The molecule has 0 radical (unpaired) electrons. The highest BCUT2D eigenvalue weighted by Crippen LogP contribution is 2.20. The molecule has 0 saturated carbocycles. The summed E-state index contributed by atoms with van der Waals surface area (Å²) in [6.07, 6.45) is 0. The van der Waals surface area contributed by atoms with Gasteiger partial charge in [0.25, 0.3) is 0 Å². The summed E-state index contributed by atoms with van der Waals surface area (Å²) >= 11 is 0. The van der Waals surface area contributed by atoms with E-state index < -0.39 is 11.9 Å². The number of aryl methyl sites for hydroxylation is 1. The average molecular weight is 290 g/mol. The van der Waals surface area contributed by atoms with Crippen molar-refractivity contribution < 1.29 is 14.3 Å². The fraction of sp³-hybridized carbons (Fsp3) is 0.0526. The van der Waals surface area contributed by atoms with Crippen LogP contribution in [0.15, 0.2) is 66.7 Å². The van der Waals surface area contributed by atoms with Gasteiger partial charge >= 0.3 is 11.9 Å². The number of carbonyl (C=O) groups is 2. The molecule has 0 bridgehead atoms. The van der Waals surface area contributed by atoms with Crippen LogP contribution in [0.4, 0.5) is 0 Å². The lowest BCUT2D eigenvalue weighted by atomic mass is 10.0. The first-order chi connectivity index (χ1) is 10.7. The molecule has 3 heteroatoms. The maximum atomic E-state index is 12.3. The summed E-state index contributed by atoms with van der Waals surface area (Å²) in [5, 5.41) is 1.70. The number of hydrogen-bond acceptors (Lipinski definition) is 3. The first-order valence-corrected chi connectivity index (χ1v) is 6.97. The Balaban J connectivity index is 1.91. The van der Waals surface area contributed by atoms with E-state index in [-0.39, 0.29) is 0 Å². The van der Waals surface area contributed by atoms with Gasteiger partial charge in [0.05, 0.1) is 11.1 Å². The number of hydrogen-bond donors (Lipinski definition) is 0. The Morgan fingerprint density at radius 2 is 1.32 bits per heavy atom. The molecule has 0 aliphatic rings. The smallest absolute Gasteiger partial charge is 0.346 e. The molecule has 0 aromatic heterocycles. The molecule has 3 nitrogen and oxygen atoms in total. The van der Waals surface area contributed by atoms with Crippen LogP contribution in [-0.2, 0) is 4.74 Å². The van der Waals surface area contributed by atoms with E-state index in [4.69, 9.17) is 4.74 Å². The third kappa shape index (κ3) is 2.61. The van der Waals surface area contributed by atoms with E-state index >= 15 is 0 Å². The summed E-state index contributed by atoms with van der Waals surface area (Å²) in [5.74, 6) is -1.26. The first-order valence-electron chi connectivity index (χ1n) is 6.97. The second-order valence-electron chi connectivity index (χ2n) is 5.02. The molecule has 0 aliphatic heterocycles. The van der Waals surface area contributed by atoms with Crippen molar-refractivity contribution in [2.75, 3.05) is 0 Å². The largest absolute Gasteiger partial charge is 0.386 e. The molecule has 108 valence electrons. The number of benzene rings is 3. The molecule has 3 aromatic rings. The highest BCUT2D eigenvalue weighted by molar-refractivity contribution is 6.09. The molecule has 0 heterocycles. The number of fused-ring (bicyclic) bond motifs is 1. The van der Waals surface area contributed by atoms with Crippen molar-refractivity contribution in [3.05, 3.63) is 83.4 Å². The fourth-order valence-electron chi connectivity index (χ4n) is 2.40. The van der Waals surface area contributed by atoms with Crippen LogP contribution in [0, 0.1) is 6.92 Å². The Morgan fingerprint density at radius 1 is 0.727 bits per heavy atom. The van der Waals surface area contributed by atoms with Gasteiger partial charge in [-0.1, -0.05) is 54.6 Å². The predicted molar refractivity (Wildman–Crippen MR) is 84.9 cm³/mol. The van der Waals surface area contributed by atoms with Crippen LogP contribution in [0.25, 0.3) is 10.8 Å². The lowest BCUT2D eigenvalue weighted by molar-refractivity contribution is 0.0399. The van der Waals surface area contributed by atoms with E-state index in [0.717, 1.165) is 16.3 Å². The maximum absolute atomic E-state index is 12.3. The minimum atomic E-state index is -0.634. The lowest BCUT2D eigenvalue weighted by Crippen LogP contribution is -2.14. The first kappa shape index (κ1) is 14.0. The third-order valence-corrected chi connectivity index (χ3v) is 3.56. The number of esters is 2. The molecule has 0 atom stereocenters. The van der Waals surface area contributed by atoms with Crippen molar-refractivity contribution in [1.82, 2.24) is 0 Å². The highest BCUT2D eigenvalue weighted by Gasteiger charge is 2.18. The molecule has 0 fully saturated rings. The van der Waals surface area contributed by atoms with Gasteiger partial charge in [0.1, 0.15) is 0 Å². The predicted octanol–water partition coefficient (Wildman–Crippen LogP) is 4.15. The summed E-state index contributed by atoms with van der Waals surface area (Å²) in [6.45, 7) is 1.80. The van der Waals surface area contributed by atoms with Crippen molar-refractivity contribution in [3.63, 3.8) is 0 Å². The van der Waals surface area contributed by atoms with Crippen LogP contribution >= 0.6 is 0 Å². The molecular weight excluding hydrogens is 276 g/mol. The number of ether oxygens (including phenoxy) is 1. The van der Waals surface area contributed by atoms with Crippen LogP contribution in [-0.4, -0.2) is 11.9 Å². The minimum absolute atomic E-state index is 0.389. The molecule has 0 amide bonds. The molecule has 0 unspecified atom stereocenters. The van der Waals surface area contributed by atoms with Crippen LogP contribution in [0.2, 0.25) is 0 Å². The normalized spacial score (nSPS) is 10.4. The van der Waals surface area contributed by atoms with Gasteiger partial charge in [0.2, 0.25) is 0 Å². The topological polar surface area (TPSA) is 43.4 Å². The Kier molecular flexibility index (Phi) is 3.71. The van der Waals surface area contributed by atoms with E-state index in [0.29, 0.717) is 11.1 Å². The van der Waals surface area contributed by atoms with Gasteiger partial charge in [-0.3, -0.25) is 0 Å². The number of carbonyl (C=O) groups excluding carboxylic acids is 2. The van der Waals surface area contributed by atoms with Crippen LogP contribution < -0.4 is 0 Å². The van der Waals surface area contributed by atoms with Crippen molar-refractivity contribution in [1.29, 1.82) is 0 Å². The Morgan fingerprint density at radius 3 is 2.14 bits per heavy atom. The van der Waals surface area contributed by atoms with Gasteiger partial charge in [0.15, 0.2) is 0 Å². The van der Waals surface area contributed by atoms with E-state index in [1.54, 1.807) is 37.3 Å². The molecule has 3 rings (SSSR count). The average Bonchev–Trinajstić information content (AvgIpc) is 2.54. The molecule has 3 aromatic carbocycles. The highest BCUT2D eigenvalue weighted by atomic mass is 16.6. The number of rotatable bonds is 2. The Labute approximate surface area is 128 Å². The van der Waals surface area contributed by atoms with Gasteiger partial charge in [-0.25, -0.2) is 9.59 Å². The third-order valence-electron chi connectivity index (χ3n) is 3.56. The summed E-state index contributed by atoms with van der Waals surface area (Å²) in [7, 11) is 0. The quantitative estimate of drug-likeness (QED) is 0.526. The van der Waals surface area contributed by atoms with E-state index in [2.05, 4.69) is 0 Å². The molecule has 0 N–H and O–H groups in total. The molecule has 0 aliphatic carbocycles. The summed E-state index contributed by atoms with van der Waals surface area (Å²) in [6, 6.07) is 19.9. The fourth-order valence-corrected chi connectivity index (χ4v) is 2.40. The van der Waals surface area contributed by atoms with E-state index in [1.807, 2.05) is 36.4 Å². The zero-order valence-electron chi connectivity index (χ0n) is 12.1. The van der Waals surface area contributed by atoms with E-state index in [1.165, 1.54) is 0 Å². The zero-order valence-corrected chi connectivity index (χ0v) is 12.1. The Hall–Kier alpha value is -2.94. The molecule has 0 spiro atoms. The zero-order chi connectivity index (χ0) is 15.5. The minimum Gasteiger partial charge on any atom is -0.386 e. The van der Waals surface area contributed by atoms with Crippen molar-refractivity contribution in [3.8, 4) is 0 Å². The second kappa shape index (κ2) is 5.82. The maximum Gasteiger partial charge on any atom is 0.346 e. The van der Waals surface area contributed by atoms with Gasteiger partial charge in [-0.15, -0.1) is 0 Å². The second-order valence-corrected chi connectivity index (χ2v) is 5.02. The lowest BCUT2D eigenvalue weighted by Gasteiger charge is -2.07. The van der Waals surface area contributed by atoms with Crippen molar-refractivity contribution in [2.24, 2.45) is 0 Å². The summed E-state index contributed by atoms with van der Waals surface area (Å²) in [5.41, 5.74) is 1.56. The van der Waals surface area contributed by atoms with Crippen molar-refractivity contribution >= 4 is 22.7 Å². The van der Waals surface area contributed by atoms with E-state index in [9.17, 15) is 9.59 Å². The van der Waals surface area contributed by atoms with Gasteiger partial charge in [0, 0.05) is 0 Å². The van der Waals surface area contributed by atoms with Gasteiger partial charge in [-0.05, 0) is 35.4 Å². The monoisotopic (exact) mass is 290 g/mol. The Bertz CT molecular complexity index is 860. The molecule has 22 heavy (non-hydrogen) atoms. The molecule has 0 saturated heterocycles. The van der Waals surface area contributed by atoms with Crippen molar-refractivity contribution in [2.45, 2.75) is 6.92 Å². The SMILES string of the molecule is Cc1ccccc1C(=O)OC(=O)c1cccc2ccccc12. The van der Waals surface area contributed by atoms with Gasteiger partial charge < -0.3 is 4.74 Å².